The first-order valence-corrected chi connectivity index (χ1v) is 8.26. The van der Waals surface area contributed by atoms with Crippen LogP contribution in [0.2, 0.25) is 0 Å². The summed E-state index contributed by atoms with van der Waals surface area (Å²) in [5, 5.41) is 3.86. The van der Waals surface area contributed by atoms with E-state index in [4.69, 9.17) is 4.74 Å². The molecule has 108 valence electrons. The van der Waals surface area contributed by atoms with E-state index in [1.165, 1.54) is 32.1 Å². The number of hydrogen-bond donors (Lipinski definition) is 1. The van der Waals surface area contributed by atoms with Crippen LogP contribution < -0.4 is 5.32 Å². The first-order chi connectivity index (χ1) is 9.83. The maximum atomic E-state index is 5.93. The average Bonchev–Trinajstić information content (AvgIpc) is 2.35. The fourth-order valence-electron chi connectivity index (χ4n) is 4.55. The Labute approximate surface area is 121 Å². The monoisotopic (exact) mass is 271 g/mol. The van der Waals surface area contributed by atoms with Crippen molar-refractivity contribution in [2.24, 2.45) is 5.41 Å². The topological polar surface area (TPSA) is 21.3 Å². The number of nitrogens with one attached hydrogen (secondary N) is 1. The summed E-state index contributed by atoms with van der Waals surface area (Å²) in [6.07, 6.45) is 7.16. The Bertz CT molecular complexity index is 494. The van der Waals surface area contributed by atoms with Crippen molar-refractivity contribution >= 4 is 0 Å². The third kappa shape index (κ3) is 1.78. The Morgan fingerprint density at radius 3 is 2.85 bits per heavy atom. The lowest BCUT2D eigenvalue weighted by Crippen LogP contribution is -2.67. The van der Waals surface area contributed by atoms with Gasteiger partial charge in [0.25, 0.3) is 0 Å². The van der Waals surface area contributed by atoms with Crippen LogP contribution in [0.5, 0.6) is 0 Å². The predicted molar refractivity (Wildman–Crippen MR) is 81.0 cm³/mol. The second-order valence-corrected chi connectivity index (χ2v) is 6.83. The number of hydrogen-bond acceptors (Lipinski definition) is 2. The van der Waals surface area contributed by atoms with Gasteiger partial charge in [0.2, 0.25) is 0 Å². The zero-order valence-electron chi connectivity index (χ0n) is 12.4. The van der Waals surface area contributed by atoms with Crippen molar-refractivity contribution in [3.05, 3.63) is 35.4 Å². The first-order valence-electron chi connectivity index (χ1n) is 8.26. The highest BCUT2D eigenvalue weighted by molar-refractivity contribution is 5.40. The summed E-state index contributed by atoms with van der Waals surface area (Å²) < 4.78 is 5.93. The number of benzene rings is 1. The number of ether oxygens (including phenoxy) is 1. The minimum atomic E-state index is 0.499. The quantitative estimate of drug-likeness (QED) is 0.887. The first kappa shape index (κ1) is 12.8. The molecule has 2 saturated carbocycles. The molecule has 1 spiro atoms. The SMILES string of the molecule is CCOC1CC(NCC2Cc3ccccc32)C12CCC2. The summed E-state index contributed by atoms with van der Waals surface area (Å²) in [4.78, 5) is 0. The van der Waals surface area contributed by atoms with Crippen LogP contribution in [-0.4, -0.2) is 25.3 Å². The number of rotatable bonds is 5. The largest absolute Gasteiger partial charge is 0.378 e. The summed E-state index contributed by atoms with van der Waals surface area (Å²) >= 11 is 0. The molecule has 3 unspecified atom stereocenters. The minimum Gasteiger partial charge on any atom is -0.378 e. The lowest BCUT2D eigenvalue weighted by atomic mass is 9.51. The van der Waals surface area contributed by atoms with Gasteiger partial charge in [-0.15, -0.1) is 0 Å². The van der Waals surface area contributed by atoms with Gasteiger partial charge in [0.15, 0.2) is 0 Å². The molecule has 0 saturated heterocycles. The molecule has 1 N–H and O–H groups in total. The molecule has 0 aliphatic heterocycles. The molecule has 2 fully saturated rings. The molecule has 3 aliphatic rings. The van der Waals surface area contributed by atoms with E-state index >= 15 is 0 Å². The highest BCUT2D eigenvalue weighted by atomic mass is 16.5. The van der Waals surface area contributed by atoms with Crippen LogP contribution in [0.4, 0.5) is 0 Å². The molecular formula is C18H25NO. The molecule has 0 bridgehead atoms. The standard InChI is InChI=1S/C18H25NO/c1-2-20-17-11-16(18(17)8-5-9-18)19-12-14-10-13-6-3-4-7-15(13)14/h3-4,6-7,14,16-17,19H,2,5,8-12H2,1H3. The molecule has 2 heteroatoms. The van der Waals surface area contributed by atoms with E-state index in [1.807, 2.05) is 0 Å². The molecule has 0 amide bonds. The van der Waals surface area contributed by atoms with Crippen molar-refractivity contribution in [2.45, 2.75) is 57.1 Å². The summed E-state index contributed by atoms with van der Waals surface area (Å²) in [5.41, 5.74) is 3.63. The number of fused-ring (bicyclic) bond motifs is 1. The lowest BCUT2D eigenvalue weighted by Gasteiger charge is -2.61. The van der Waals surface area contributed by atoms with Crippen molar-refractivity contribution in [1.29, 1.82) is 0 Å². The van der Waals surface area contributed by atoms with E-state index < -0.39 is 0 Å². The molecule has 2 nitrogen and oxygen atoms in total. The van der Waals surface area contributed by atoms with Crippen LogP contribution >= 0.6 is 0 Å². The Morgan fingerprint density at radius 2 is 2.15 bits per heavy atom. The van der Waals surface area contributed by atoms with Gasteiger partial charge in [0.05, 0.1) is 6.10 Å². The predicted octanol–water partition coefficient (Wildman–Crippen LogP) is 3.26. The van der Waals surface area contributed by atoms with E-state index in [1.54, 1.807) is 11.1 Å². The van der Waals surface area contributed by atoms with Crippen molar-refractivity contribution < 1.29 is 4.74 Å². The van der Waals surface area contributed by atoms with Crippen LogP contribution in [0.3, 0.4) is 0 Å². The van der Waals surface area contributed by atoms with Gasteiger partial charge in [0, 0.05) is 30.5 Å². The van der Waals surface area contributed by atoms with Crippen molar-refractivity contribution in [1.82, 2.24) is 5.32 Å². The van der Waals surface area contributed by atoms with Crippen LogP contribution in [0.25, 0.3) is 0 Å². The van der Waals surface area contributed by atoms with E-state index in [0.717, 1.165) is 19.1 Å². The van der Waals surface area contributed by atoms with Gasteiger partial charge in [-0.05, 0) is 43.7 Å². The Balaban J connectivity index is 1.33. The normalized spacial score (nSPS) is 33.0. The second kappa shape index (κ2) is 4.85. The van der Waals surface area contributed by atoms with E-state index in [-0.39, 0.29) is 0 Å². The third-order valence-corrected chi connectivity index (χ3v) is 6.01. The van der Waals surface area contributed by atoms with Gasteiger partial charge in [-0.2, -0.15) is 0 Å². The fraction of sp³-hybridized carbons (Fsp3) is 0.667. The molecule has 1 aromatic carbocycles. The second-order valence-electron chi connectivity index (χ2n) is 6.83. The van der Waals surface area contributed by atoms with Crippen LogP contribution in [0, 0.1) is 5.41 Å². The van der Waals surface area contributed by atoms with Crippen LogP contribution in [0.15, 0.2) is 24.3 Å². The van der Waals surface area contributed by atoms with E-state index in [0.29, 0.717) is 17.6 Å². The smallest absolute Gasteiger partial charge is 0.0661 e. The van der Waals surface area contributed by atoms with Crippen molar-refractivity contribution in [3.63, 3.8) is 0 Å². The minimum absolute atomic E-state index is 0.499. The summed E-state index contributed by atoms with van der Waals surface area (Å²) in [6, 6.07) is 9.61. The van der Waals surface area contributed by atoms with Crippen LogP contribution in [0.1, 0.15) is 49.7 Å². The third-order valence-electron chi connectivity index (χ3n) is 6.01. The molecule has 20 heavy (non-hydrogen) atoms. The molecule has 4 rings (SSSR count). The molecule has 3 atom stereocenters. The molecule has 1 aromatic rings. The summed E-state index contributed by atoms with van der Waals surface area (Å²) in [5.74, 6) is 0.745. The van der Waals surface area contributed by atoms with Gasteiger partial charge in [-0.25, -0.2) is 0 Å². The van der Waals surface area contributed by atoms with Gasteiger partial charge < -0.3 is 10.1 Å². The Kier molecular flexibility index (Phi) is 3.12. The van der Waals surface area contributed by atoms with E-state index in [9.17, 15) is 0 Å². The molecule has 3 aliphatic carbocycles. The van der Waals surface area contributed by atoms with E-state index in [2.05, 4.69) is 36.5 Å². The van der Waals surface area contributed by atoms with Crippen molar-refractivity contribution in [2.75, 3.05) is 13.2 Å². The average molecular weight is 271 g/mol. The summed E-state index contributed by atoms with van der Waals surface area (Å²) in [7, 11) is 0. The Morgan fingerprint density at radius 1 is 1.30 bits per heavy atom. The molecule has 0 radical (unpaired) electrons. The highest BCUT2D eigenvalue weighted by Crippen LogP contribution is 2.57. The lowest BCUT2D eigenvalue weighted by molar-refractivity contribution is -0.172. The maximum absolute atomic E-state index is 5.93. The van der Waals surface area contributed by atoms with Gasteiger partial charge in [-0.3, -0.25) is 0 Å². The van der Waals surface area contributed by atoms with Crippen LogP contribution in [-0.2, 0) is 11.2 Å². The zero-order chi connectivity index (χ0) is 13.6. The fourth-order valence-corrected chi connectivity index (χ4v) is 4.55. The van der Waals surface area contributed by atoms with Gasteiger partial charge >= 0.3 is 0 Å². The van der Waals surface area contributed by atoms with Gasteiger partial charge in [-0.1, -0.05) is 30.7 Å². The Hall–Kier alpha value is -0.860. The highest BCUT2D eigenvalue weighted by Gasteiger charge is 2.58. The zero-order valence-corrected chi connectivity index (χ0v) is 12.4. The van der Waals surface area contributed by atoms with Gasteiger partial charge in [0.1, 0.15) is 0 Å². The summed E-state index contributed by atoms with van der Waals surface area (Å²) in [6.45, 7) is 4.15. The molecule has 0 aromatic heterocycles. The maximum Gasteiger partial charge on any atom is 0.0661 e. The van der Waals surface area contributed by atoms with Crippen molar-refractivity contribution in [3.8, 4) is 0 Å². The molecular weight excluding hydrogens is 246 g/mol. The molecule has 0 heterocycles.